The third kappa shape index (κ3) is 6.28. The SMILES string of the molecule is O=C(Nc1ccc2c(c1)N(S(=O)(=O)Cc1ccccc1)CCCN2S(=O)(=O)Cc1ccccc1)c1cc2cc(Cl)sc2[nH]1. The van der Waals surface area contributed by atoms with Crippen LogP contribution >= 0.6 is 22.9 Å². The molecule has 0 fully saturated rings. The molecule has 3 heterocycles. The summed E-state index contributed by atoms with van der Waals surface area (Å²) in [5.41, 5.74) is 2.28. The third-order valence-electron chi connectivity index (χ3n) is 7.07. The number of amides is 1. The molecule has 222 valence electrons. The maximum absolute atomic E-state index is 13.8. The molecule has 1 amide bonds. The number of nitrogens with zero attached hydrogens (tertiary/aromatic N) is 2. The van der Waals surface area contributed by atoms with Gasteiger partial charge in [0.25, 0.3) is 5.91 Å². The molecule has 9 nitrogen and oxygen atoms in total. The maximum Gasteiger partial charge on any atom is 0.272 e. The van der Waals surface area contributed by atoms with Crippen molar-refractivity contribution in [3.05, 3.63) is 112 Å². The highest BCUT2D eigenvalue weighted by Gasteiger charge is 2.34. The van der Waals surface area contributed by atoms with E-state index in [0.29, 0.717) is 26.8 Å². The minimum absolute atomic E-state index is 0.0740. The molecular weight excluding hydrogens is 628 g/mol. The molecule has 0 aliphatic carbocycles. The zero-order valence-electron chi connectivity index (χ0n) is 22.7. The Morgan fingerprint density at radius 2 is 1.37 bits per heavy atom. The molecule has 3 aromatic carbocycles. The molecule has 5 aromatic rings. The number of hydrogen-bond acceptors (Lipinski definition) is 6. The summed E-state index contributed by atoms with van der Waals surface area (Å²) >= 11 is 7.37. The molecule has 43 heavy (non-hydrogen) atoms. The van der Waals surface area contributed by atoms with Crippen LogP contribution in [-0.4, -0.2) is 40.8 Å². The van der Waals surface area contributed by atoms with Crippen LogP contribution in [0.3, 0.4) is 0 Å². The van der Waals surface area contributed by atoms with Gasteiger partial charge >= 0.3 is 0 Å². The summed E-state index contributed by atoms with van der Waals surface area (Å²) < 4.78 is 58.2. The number of rotatable bonds is 8. The minimum Gasteiger partial charge on any atom is -0.342 e. The monoisotopic (exact) mass is 654 g/mol. The van der Waals surface area contributed by atoms with Crippen molar-refractivity contribution >= 4 is 76.2 Å². The van der Waals surface area contributed by atoms with E-state index in [1.807, 2.05) is 12.1 Å². The highest BCUT2D eigenvalue weighted by molar-refractivity contribution is 7.92. The lowest BCUT2D eigenvalue weighted by atomic mass is 10.2. The summed E-state index contributed by atoms with van der Waals surface area (Å²) in [6.45, 7) is 0.178. The molecule has 0 saturated carbocycles. The highest BCUT2D eigenvalue weighted by atomic mass is 35.5. The van der Waals surface area contributed by atoms with Gasteiger partial charge in [-0.2, -0.15) is 0 Å². The van der Waals surface area contributed by atoms with Gasteiger partial charge in [-0.1, -0.05) is 72.3 Å². The average Bonchev–Trinajstić information content (AvgIpc) is 3.44. The number of fused-ring (bicyclic) bond motifs is 2. The Kier molecular flexibility index (Phi) is 7.94. The first-order valence-corrected chi connectivity index (χ1v) is 17.8. The summed E-state index contributed by atoms with van der Waals surface area (Å²) in [6.07, 6.45) is 0.278. The van der Waals surface area contributed by atoms with E-state index in [4.69, 9.17) is 11.6 Å². The van der Waals surface area contributed by atoms with E-state index >= 15 is 0 Å². The van der Waals surface area contributed by atoms with E-state index in [9.17, 15) is 21.6 Å². The van der Waals surface area contributed by atoms with Gasteiger partial charge in [0.05, 0.1) is 27.2 Å². The predicted molar refractivity (Wildman–Crippen MR) is 173 cm³/mol. The van der Waals surface area contributed by atoms with Crippen LogP contribution in [0.25, 0.3) is 10.2 Å². The molecule has 1 aliphatic rings. The number of H-pyrrole nitrogens is 1. The molecule has 0 atom stereocenters. The van der Waals surface area contributed by atoms with Gasteiger partial charge in [0.15, 0.2) is 0 Å². The Morgan fingerprint density at radius 3 is 1.95 bits per heavy atom. The van der Waals surface area contributed by atoms with Crippen LogP contribution in [0, 0.1) is 0 Å². The van der Waals surface area contributed by atoms with Crippen LogP contribution < -0.4 is 13.9 Å². The zero-order chi connectivity index (χ0) is 30.2. The largest absolute Gasteiger partial charge is 0.342 e. The van der Waals surface area contributed by atoms with Gasteiger partial charge in [-0.25, -0.2) is 16.8 Å². The smallest absolute Gasteiger partial charge is 0.272 e. The quantitative estimate of drug-likeness (QED) is 0.206. The van der Waals surface area contributed by atoms with Crippen LogP contribution in [0.15, 0.2) is 91.0 Å². The van der Waals surface area contributed by atoms with Gasteiger partial charge in [-0.3, -0.25) is 13.4 Å². The highest BCUT2D eigenvalue weighted by Crippen LogP contribution is 2.39. The first-order chi connectivity index (χ1) is 20.6. The second-order valence-corrected chi connectivity index (χ2v) is 15.6. The fourth-order valence-corrected chi connectivity index (χ4v) is 9.51. The normalized spacial score (nSPS) is 14.0. The number of nitrogens with one attached hydrogen (secondary N) is 2. The van der Waals surface area contributed by atoms with Crippen molar-refractivity contribution in [2.45, 2.75) is 17.9 Å². The number of thiophene rings is 1. The van der Waals surface area contributed by atoms with Crippen molar-refractivity contribution in [1.82, 2.24) is 4.98 Å². The van der Waals surface area contributed by atoms with E-state index < -0.39 is 26.0 Å². The van der Waals surface area contributed by atoms with E-state index in [1.54, 1.807) is 72.8 Å². The summed E-state index contributed by atoms with van der Waals surface area (Å²) in [5, 5.41) is 3.63. The molecule has 1 aliphatic heterocycles. The lowest BCUT2D eigenvalue weighted by Gasteiger charge is -2.28. The molecular formula is C30H27ClN4O5S3. The second-order valence-electron chi connectivity index (χ2n) is 10.2. The fourth-order valence-electron chi connectivity index (χ4n) is 5.13. The number of carbonyl (C=O) groups is 1. The van der Waals surface area contributed by atoms with Gasteiger partial charge in [0.2, 0.25) is 20.0 Å². The van der Waals surface area contributed by atoms with Gasteiger partial charge in [-0.05, 0) is 47.9 Å². The number of aromatic nitrogens is 1. The predicted octanol–water partition coefficient (Wildman–Crippen LogP) is 6.21. The van der Waals surface area contributed by atoms with E-state index in [-0.39, 0.29) is 42.4 Å². The van der Waals surface area contributed by atoms with E-state index in [1.165, 1.54) is 26.0 Å². The first-order valence-electron chi connectivity index (χ1n) is 13.4. The van der Waals surface area contributed by atoms with Crippen LogP contribution in [0.5, 0.6) is 0 Å². The van der Waals surface area contributed by atoms with Crippen molar-refractivity contribution in [3.8, 4) is 0 Å². The lowest BCUT2D eigenvalue weighted by molar-refractivity contribution is 0.102. The van der Waals surface area contributed by atoms with Crippen molar-refractivity contribution in [2.24, 2.45) is 0 Å². The summed E-state index contributed by atoms with van der Waals surface area (Å²) in [5.74, 6) is -0.931. The van der Waals surface area contributed by atoms with Crippen LogP contribution in [-0.2, 0) is 31.6 Å². The van der Waals surface area contributed by atoms with Crippen LogP contribution in [0.4, 0.5) is 17.1 Å². The fraction of sp³-hybridized carbons (Fsp3) is 0.167. The van der Waals surface area contributed by atoms with Gasteiger partial charge in [0.1, 0.15) is 10.5 Å². The Morgan fingerprint density at radius 1 is 0.791 bits per heavy atom. The second kappa shape index (κ2) is 11.7. The Balaban J connectivity index is 1.38. The van der Waals surface area contributed by atoms with Crippen molar-refractivity contribution in [3.63, 3.8) is 0 Å². The lowest BCUT2D eigenvalue weighted by Crippen LogP contribution is -2.33. The molecule has 0 bridgehead atoms. The number of anilines is 3. The minimum atomic E-state index is -3.93. The zero-order valence-corrected chi connectivity index (χ0v) is 25.9. The first kappa shape index (κ1) is 29.2. The summed E-state index contributed by atoms with van der Waals surface area (Å²) in [7, 11) is -7.81. The summed E-state index contributed by atoms with van der Waals surface area (Å²) in [6, 6.07) is 25.8. The van der Waals surface area contributed by atoms with E-state index in [2.05, 4.69) is 10.3 Å². The summed E-state index contributed by atoms with van der Waals surface area (Å²) in [4.78, 5) is 16.9. The standard InChI is InChI=1S/C30H27ClN4O5S3/c31-28-17-23-16-25(33-30(23)41-28)29(36)32-24-12-13-26-27(18-24)35(43(39,40)20-22-10-5-2-6-11-22)15-7-14-34(26)42(37,38)19-21-8-3-1-4-9-21/h1-6,8-13,16-18,33H,7,14-15,19-20H2,(H,32,36). The number of benzene rings is 3. The average molecular weight is 655 g/mol. The third-order valence-corrected chi connectivity index (χ3v) is 11.8. The van der Waals surface area contributed by atoms with Crippen LogP contribution in [0.2, 0.25) is 4.34 Å². The van der Waals surface area contributed by atoms with Crippen molar-refractivity contribution in [2.75, 3.05) is 27.0 Å². The number of sulfonamides is 2. The topological polar surface area (TPSA) is 120 Å². The Hall–Kier alpha value is -3.84. The van der Waals surface area contributed by atoms with Crippen molar-refractivity contribution < 1.29 is 21.6 Å². The molecule has 2 N–H and O–H groups in total. The maximum atomic E-state index is 13.8. The number of hydrogen-bond donors (Lipinski definition) is 2. The molecule has 6 rings (SSSR count). The van der Waals surface area contributed by atoms with Crippen molar-refractivity contribution in [1.29, 1.82) is 0 Å². The van der Waals surface area contributed by atoms with Crippen LogP contribution in [0.1, 0.15) is 28.0 Å². The van der Waals surface area contributed by atoms with Gasteiger partial charge in [-0.15, -0.1) is 11.3 Å². The van der Waals surface area contributed by atoms with Gasteiger partial charge < -0.3 is 10.3 Å². The molecule has 0 unspecified atom stereocenters. The Labute approximate surface area is 258 Å². The molecule has 13 heteroatoms. The van der Waals surface area contributed by atoms with E-state index in [0.717, 1.165) is 10.2 Å². The number of carbonyl (C=O) groups excluding carboxylic acids is 1. The number of aromatic amines is 1. The molecule has 0 radical (unpaired) electrons. The molecule has 2 aromatic heterocycles. The Bertz CT molecular complexity index is 1980. The molecule has 0 saturated heterocycles. The van der Waals surface area contributed by atoms with Gasteiger partial charge in [0, 0.05) is 24.2 Å². The number of halogens is 1. The molecule has 0 spiro atoms.